The molecule has 0 bridgehead atoms. The fourth-order valence-electron chi connectivity index (χ4n) is 3.17. The molecule has 0 aliphatic carbocycles. The van der Waals surface area contributed by atoms with Crippen LogP contribution in [0.5, 0.6) is 5.75 Å². The average Bonchev–Trinajstić information content (AvgIpc) is 2.61. The van der Waals surface area contributed by atoms with Crippen LogP contribution in [0.25, 0.3) is 11.3 Å². The molecule has 0 fully saturated rings. The number of aromatic hydroxyl groups is 1. The molecule has 118 valence electrons. The number of nitrogens with one attached hydrogen (secondary N) is 1. The number of amides is 1. The van der Waals surface area contributed by atoms with Crippen LogP contribution in [-0.4, -0.2) is 16.0 Å². The van der Waals surface area contributed by atoms with Crippen LogP contribution in [-0.2, 0) is 4.79 Å². The van der Waals surface area contributed by atoms with Gasteiger partial charge in [-0.05, 0) is 29.3 Å². The number of aromatic nitrogens is 1. The maximum atomic E-state index is 12.0. The molecular weight excluding hydrogens is 300 g/mol. The van der Waals surface area contributed by atoms with Crippen molar-refractivity contribution in [3.63, 3.8) is 0 Å². The summed E-state index contributed by atoms with van der Waals surface area (Å²) in [5, 5.41) is 12.5. The summed E-state index contributed by atoms with van der Waals surface area (Å²) in [4.78, 5) is 16.4. The molecule has 0 spiro atoms. The zero-order valence-corrected chi connectivity index (χ0v) is 12.9. The molecule has 1 aromatic heterocycles. The Morgan fingerprint density at radius 2 is 1.88 bits per heavy atom. The van der Waals surface area contributed by atoms with Gasteiger partial charge in [0.25, 0.3) is 0 Å². The first-order chi connectivity index (χ1) is 11.7. The molecule has 1 atom stereocenters. The zero-order chi connectivity index (χ0) is 16.5. The summed E-state index contributed by atoms with van der Waals surface area (Å²) in [6, 6.07) is 19.1. The third kappa shape index (κ3) is 2.63. The summed E-state index contributed by atoms with van der Waals surface area (Å²) >= 11 is 0. The van der Waals surface area contributed by atoms with Crippen LogP contribution in [0.4, 0.5) is 5.69 Å². The molecule has 2 aromatic carbocycles. The summed E-state index contributed by atoms with van der Waals surface area (Å²) in [7, 11) is 0. The van der Waals surface area contributed by atoms with Gasteiger partial charge in [0.05, 0.1) is 5.69 Å². The van der Waals surface area contributed by atoms with Crippen molar-refractivity contribution in [1.29, 1.82) is 0 Å². The van der Waals surface area contributed by atoms with Crippen molar-refractivity contribution in [1.82, 2.24) is 4.98 Å². The number of nitrogens with zero attached hydrogens (tertiary/aromatic N) is 1. The molecule has 1 aliphatic rings. The fraction of sp³-hybridized carbons (Fsp3) is 0.100. The Balaban J connectivity index is 1.71. The van der Waals surface area contributed by atoms with Crippen molar-refractivity contribution < 1.29 is 9.90 Å². The maximum absolute atomic E-state index is 12.0. The number of hydrogen-bond acceptors (Lipinski definition) is 3. The standard InChI is InChI=1S/C20H16N2O2/c23-15-8-9-16-17(12-20(24)22-19(16)11-15)13-4-6-14(7-5-13)18-3-1-2-10-21-18/h1-11,17,23H,12H2,(H,22,24)/t17-/m0/s1. The number of phenols is 1. The van der Waals surface area contributed by atoms with E-state index in [1.807, 2.05) is 48.5 Å². The van der Waals surface area contributed by atoms with Crippen molar-refractivity contribution >= 4 is 11.6 Å². The zero-order valence-electron chi connectivity index (χ0n) is 12.9. The predicted molar refractivity (Wildman–Crippen MR) is 92.9 cm³/mol. The minimum Gasteiger partial charge on any atom is -0.508 e. The summed E-state index contributed by atoms with van der Waals surface area (Å²) in [6.45, 7) is 0. The Kier molecular flexibility index (Phi) is 3.50. The Morgan fingerprint density at radius 1 is 1.04 bits per heavy atom. The van der Waals surface area contributed by atoms with E-state index >= 15 is 0 Å². The number of hydrogen-bond donors (Lipinski definition) is 2. The van der Waals surface area contributed by atoms with E-state index in [-0.39, 0.29) is 17.6 Å². The molecule has 3 aromatic rings. The van der Waals surface area contributed by atoms with Crippen molar-refractivity contribution in [2.75, 3.05) is 5.32 Å². The van der Waals surface area contributed by atoms with E-state index < -0.39 is 0 Å². The van der Waals surface area contributed by atoms with Gasteiger partial charge in [-0.15, -0.1) is 0 Å². The smallest absolute Gasteiger partial charge is 0.225 e. The lowest BCUT2D eigenvalue weighted by Gasteiger charge is -2.26. The largest absolute Gasteiger partial charge is 0.508 e. The number of benzene rings is 2. The Hall–Kier alpha value is -3.14. The number of pyridine rings is 1. The maximum Gasteiger partial charge on any atom is 0.225 e. The van der Waals surface area contributed by atoms with Crippen molar-refractivity contribution in [3.05, 3.63) is 78.0 Å². The van der Waals surface area contributed by atoms with Crippen LogP contribution in [0.1, 0.15) is 23.5 Å². The monoisotopic (exact) mass is 316 g/mol. The van der Waals surface area contributed by atoms with E-state index in [2.05, 4.69) is 10.3 Å². The normalized spacial score (nSPS) is 16.3. The third-order valence-corrected chi connectivity index (χ3v) is 4.35. The first-order valence-corrected chi connectivity index (χ1v) is 7.85. The molecule has 1 aliphatic heterocycles. The molecule has 0 saturated heterocycles. The first kappa shape index (κ1) is 14.5. The highest BCUT2D eigenvalue weighted by Crippen LogP contribution is 2.38. The van der Waals surface area contributed by atoms with E-state index in [0.29, 0.717) is 12.1 Å². The summed E-state index contributed by atoms with van der Waals surface area (Å²) < 4.78 is 0. The van der Waals surface area contributed by atoms with Crippen LogP contribution in [0.15, 0.2) is 66.9 Å². The van der Waals surface area contributed by atoms with Crippen molar-refractivity contribution in [2.24, 2.45) is 0 Å². The van der Waals surface area contributed by atoms with Gasteiger partial charge >= 0.3 is 0 Å². The highest BCUT2D eigenvalue weighted by molar-refractivity contribution is 5.95. The second-order valence-corrected chi connectivity index (χ2v) is 5.91. The average molecular weight is 316 g/mol. The van der Waals surface area contributed by atoms with Crippen LogP contribution < -0.4 is 5.32 Å². The van der Waals surface area contributed by atoms with E-state index in [9.17, 15) is 9.90 Å². The summed E-state index contributed by atoms with van der Waals surface area (Å²) in [5.41, 5.74) is 4.76. The van der Waals surface area contributed by atoms with Gasteiger partial charge in [0, 0.05) is 35.9 Å². The van der Waals surface area contributed by atoms with E-state index in [1.165, 1.54) is 0 Å². The topological polar surface area (TPSA) is 62.2 Å². The van der Waals surface area contributed by atoms with Gasteiger partial charge in [-0.25, -0.2) is 0 Å². The molecule has 24 heavy (non-hydrogen) atoms. The second-order valence-electron chi connectivity index (χ2n) is 5.91. The molecule has 4 nitrogen and oxygen atoms in total. The van der Waals surface area contributed by atoms with Gasteiger partial charge in [0.2, 0.25) is 5.91 Å². The first-order valence-electron chi connectivity index (χ1n) is 7.85. The highest BCUT2D eigenvalue weighted by atomic mass is 16.3. The quantitative estimate of drug-likeness (QED) is 0.753. The number of rotatable bonds is 2. The lowest BCUT2D eigenvalue weighted by atomic mass is 9.84. The van der Waals surface area contributed by atoms with Crippen LogP contribution >= 0.6 is 0 Å². The van der Waals surface area contributed by atoms with Crippen LogP contribution in [0.3, 0.4) is 0 Å². The van der Waals surface area contributed by atoms with Gasteiger partial charge in [-0.1, -0.05) is 36.4 Å². The number of carbonyl (C=O) groups excluding carboxylic acids is 1. The molecule has 4 heteroatoms. The van der Waals surface area contributed by atoms with E-state index in [4.69, 9.17) is 0 Å². The third-order valence-electron chi connectivity index (χ3n) is 4.35. The van der Waals surface area contributed by atoms with E-state index in [1.54, 1.807) is 18.3 Å². The Morgan fingerprint density at radius 3 is 2.62 bits per heavy atom. The number of phenolic OH excluding ortho intramolecular Hbond substituents is 1. The number of anilines is 1. The lowest BCUT2D eigenvalue weighted by molar-refractivity contribution is -0.116. The van der Waals surface area contributed by atoms with Gasteiger partial charge in [-0.2, -0.15) is 0 Å². The molecule has 2 heterocycles. The SMILES string of the molecule is O=C1C[C@@H](c2ccc(-c3ccccn3)cc2)c2ccc(O)cc2N1. The molecule has 0 radical (unpaired) electrons. The predicted octanol–water partition coefficient (Wildman–Crippen LogP) is 3.93. The minimum atomic E-state index is -0.0353. The molecule has 4 rings (SSSR count). The summed E-state index contributed by atoms with van der Waals surface area (Å²) in [6.07, 6.45) is 2.18. The molecule has 0 saturated carbocycles. The number of fused-ring (bicyclic) bond motifs is 1. The Bertz CT molecular complexity index is 889. The molecule has 0 unspecified atom stereocenters. The van der Waals surface area contributed by atoms with Gasteiger partial charge < -0.3 is 10.4 Å². The van der Waals surface area contributed by atoms with Crippen LogP contribution in [0, 0.1) is 0 Å². The minimum absolute atomic E-state index is 0.00728. The second kappa shape index (κ2) is 5.81. The van der Waals surface area contributed by atoms with Gasteiger partial charge in [0.1, 0.15) is 5.75 Å². The number of carbonyl (C=O) groups is 1. The van der Waals surface area contributed by atoms with Gasteiger partial charge in [-0.3, -0.25) is 9.78 Å². The molecule has 2 N–H and O–H groups in total. The van der Waals surface area contributed by atoms with E-state index in [0.717, 1.165) is 22.4 Å². The highest BCUT2D eigenvalue weighted by Gasteiger charge is 2.26. The molecule has 1 amide bonds. The van der Waals surface area contributed by atoms with Gasteiger partial charge in [0.15, 0.2) is 0 Å². The molecular formula is C20H16N2O2. The van der Waals surface area contributed by atoms with Crippen molar-refractivity contribution in [3.8, 4) is 17.0 Å². The van der Waals surface area contributed by atoms with Crippen molar-refractivity contribution in [2.45, 2.75) is 12.3 Å². The lowest BCUT2D eigenvalue weighted by Crippen LogP contribution is -2.23. The van der Waals surface area contributed by atoms with Crippen LogP contribution in [0.2, 0.25) is 0 Å². The summed E-state index contributed by atoms with van der Waals surface area (Å²) in [5.74, 6) is 0.110. The fourth-order valence-corrected chi connectivity index (χ4v) is 3.17. The Labute approximate surface area is 139 Å².